The molecule has 1 unspecified atom stereocenters. The number of hydrogen-bond acceptors (Lipinski definition) is 5. The van der Waals surface area contributed by atoms with Gasteiger partial charge < -0.3 is 16.1 Å². The van der Waals surface area contributed by atoms with E-state index < -0.39 is 11.6 Å². The monoisotopic (exact) mass is 257 g/mol. The van der Waals surface area contributed by atoms with Crippen LogP contribution >= 0.6 is 0 Å². The first kappa shape index (κ1) is 12.5. The topological polar surface area (TPSA) is 92.1 Å². The van der Waals surface area contributed by atoms with Crippen LogP contribution in [-0.2, 0) is 4.79 Å². The predicted molar refractivity (Wildman–Crippen MR) is 61.6 cm³/mol. The number of hydrazine groups is 1. The second kappa shape index (κ2) is 5.13. The zero-order chi connectivity index (χ0) is 13.1. The van der Waals surface area contributed by atoms with E-state index in [9.17, 15) is 13.6 Å². The van der Waals surface area contributed by atoms with Crippen LogP contribution in [-0.4, -0.2) is 23.5 Å². The maximum Gasteiger partial charge on any atom is 0.220 e. The van der Waals surface area contributed by atoms with Crippen molar-refractivity contribution in [3.05, 3.63) is 17.7 Å². The highest BCUT2D eigenvalue weighted by Gasteiger charge is 2.20. The van der Waals surface area contributed by atoms with E-state index in [1.54, 1.807) is 0 Å². The minimum Gasteiger partial charge on any atom is -0.363 e. The smallest absolute Gasteiger partial charge is 0.220 e. The van der Waals surface area contributed by atoms with Gasteiger partial charge in [-0.2, -0.15) is 0 Å². The van der Waals surface area contributed by atoms with Crippen LogP contribution in [0.3, 0.4) is 0 Å². The number of carbonyl (C=O) groups excluding carboxylic acids is 1. The highest BCUT2D eigenvalue weighted by atomic mass is 19.1. The Morgan fingerprint density at radius 3 is 2.72 bits per heavy atom. The third-order valence-corrected chi connectivity index (χ3v) is 2.67. The van der Waals surface area contributed by atoms with Gasteiger partial charge in [0.1, 0.15) is 0 Å². The molecule has 2 rings (SSSR count). The molecule has 1 fully saturated rings. The number of hydrogen-bond donors (Lipinski definition) is 4. The van der Waals surface area contributed by atoms with Crippen molar-refractivity contribution in [1.82, 2.24) is 10.3 Å². The zero-order valence-electron chi connectivity index (χ0n) is 9.46. The lowest BCUT2D eigenvalue weighted by Crippen LogP contribution is -2.42. The molecule has 98 valence electrons. The van der Waals surface area contributed by atoms with Crippen LogP contribution in [0.1, 0.15) is 12.8 Å². The SMILES string of the molecule is NNc1nc(NC2CCC(=O)NC2)c(F)cc1F. The van der Waals surface area contributed by atoms with E-state index in [-0.39, 0.29) is 23.6 Å². The lowest BCUT2D eigenvalue weighted by molar-refractivity contribution is -0.122. The fraction of sp³-hybridized carbons (Fsp3) is 0.400. The summed E-state index contributed by atoms with van der Waals surface area (Å²) in [5, 5.41) is 5.45. The Morgan fingerprint density at radius 2 is 2.11 bits per heavy atom. The Labute approximate surface area is 102 Å². The minimum absolute atomic E-state index is 0.0371. The highest BCUT2D eigenvalue weighted by molar-refractivity contribution is 5.77. The summed E-state index contributed by atoms with van der Waals surface area (Å²) in [6, 6.07) is 0.562. The van der Waals surface area contributed by atoms with E-state index in [0.29, 0.717) is 25.5 Å². The van der Waals surface area contributed by atoms with Crippen molar-refractivity contribution in [1.29, 1.82) is 0 Å². The summed E-state index contributed by atoms with van der Waals surface area (Å²) >= 11 is 0. The summed E-state index contributed by atoms with van der Waals surface area (Å²) in [4.78, 5) is 14.7. The maximum absolute atomic E-state index is 13.5. The predicted octanol–water partition coefficient (Wildman–Crippen LogP) is 0.336. The first-order valence-electron chi connectivity index (χ1n) is 5.46. The summed E-state index contributed by atoms with van der Waals surface area (Å²) in [5.41, 5.74) is 2.04. The maximum atomic E-state index is 13.5. The first-order chi connectivity index (χ1) is 8.60. The Kier molecular flexibility index (Phi) is 3.56. The van der Waals surface area contributed by atoms with Crippen molar-refractivity contribution in [3.8, 4) is 0 Å². The van der Waals surface area contributed by atoms with Crippen LogP contribution in [0.15, 0.2) is 6.07 Å². The molecule has 5 N–H and O–H groups in total. The molecule has 18 heavy (non-hydrogen) atoms. The number of amides is 1. The highest BCUT2D eigenvalue weighted by Crippen LogP contribution is 2.20. The molecule has 1 amide bonds. The van der Waals surface area contributed by atoms with E-state index >= 15 is 0 Å². The van der Waals surface area contributed by atoms with E-state index in [1.165, 1.54) is 0 Å². The van der Waals surface area contributed by atoms with Crippen molar-refractivity contribution in [2.24, 2.45) is 5.84 Å². The molecule has 0 radical (unpaired) electrons. The van der Waals surface area contributed by atoms with Crippen LogP contribution < -0.4 is 21.9 Å². The van der Waals surface area contributed by atoms with Crippen LogP contribution in [0.4, 0.5) is 20.4 Å². The van der Waals surface area contributed by atoms with E-state index in [0.717, 1.165) is 0 Å². The molecular weight excluding hydrogens is 244 g/mol. The number of rotatable bonds is 3. The van der Waals surface area contributed by atoms with Gasteiger partial charge in [-0.25, -0.2) is 19.6 Å². The number of halogens is 2. The Balaban J connectivity index is 2.11. The van der Waals surface area contributed by atoms with Gasteiger partial charge in [-0.15, -0.1) is 0 Å². The Hall–Kier alpha value is -1.96. The number of nitrogens with one attached hydrogen (secondary N) is 3. The number of piperidine rings is 1. The molecule has 1 aromatic rings. The third-order valence-electron chi connectivity index (χ3n) is 2.67. The molecule has 8 heteroatoms. The molecule has 0 bridgehead atoms. The van der Waals surface area contributed by atoms with Gasteiger partial charge in [-0.1, -0.05) is 0 Å². The van der Waals surface area contributed by atoms with Gasteiger partial charge in [0.25, 0.3) is 0 Å². The molecule has 0 aliphatic carbocycles. The Morgan fingerprint density at radius 1 is 1.39 bits per heavy atom. The summed E-state index contributed by atoms with van der Waals surface area (Å²) in [6.45, 7) is 0.378. The van der Waals surface area contributed by atoms with Crippen molar-refractivity contribution in [2.75, 3.05) is 17.3 Å². The molecule has 1 atom stereocenters. The average Bonchev–Trinajstić information content (AvgIpc) is 2.35. The second-order valence-corrected chi connectivity index (χ2v) is 3.98. The van der Waals surface area contributed by atoms with Crippen LogP contribution in [0.5, 0.6) is 0 Å². The number of anilines is 2. The summed E-state index contributed by atoms with van der Waals surface area (Å²) < 4.78 is 26.6. The molecule has 1 saturated heterocycles. The standard InChI is InChI=1S/C10H13F2N5O/c11-6-3-7(12)10(17-13)16-9(6)15-5-1-2-8(18)14-4-5/h3,5H,1-2,4,13H2,(H,14,18)(H2,15,16,17). The molecule has 6 nitrogen and oxygen atoms in total. The normalized spacial score (nSPS) is 19.3. The largest absolute Gasteiger partial charge is 0.363 e. The van der Waals surface area contributed by atoms with Gasteiger partial charge in [-0.3, -0.25) is 4.79 Å². The fourth-order valence-electron chi connectivity index (χ4n) is 1.72. The number of nitrogen functional groups attached to an aromatic ring is 1. The number of carbonyl (C=O) groups is 1. The second-order valence-electron chi connectivity index (χ2n) is 3.98. The number of pyridine rings is 1. The van der Waals surface area contributed by atoms with Crippen LogP contribution in [0, 0.1) is 11.6 Å². The van der Waals surface area contributed by atoms with Crippen molar-refractivity contribution < 1.29 is 13.6 Å². The van der Waals surface area contributed by atoms with Gasteiger partial charge in [0.2, 0.25) is 5.91 Å². The van der Waals surface area contributed by atoms with E-state index in [2.05, 4.69) is 15.6 Å². The summed E-state index contributed by atoms with van der Waals surface area (Å²) in [7, 11) is 0. The summed E-state index contributed by atoms with van der Waals surface area (Å²) in [5.74, 6) is 3.03. The number of nitrogens with zero attached hydrogens (tertiary/aromatic N) is 1. The fourth-order valence-corrected chi connectivity index (χ4v) is 1.72. The van der Waals surface area contributed by atoms with Crippen LogP contribution in [0.25, 0.3) is 0 Å². The lowest BCUT2D eigenvalue weighted by Gasteiger charge is -2.24. The number of aromatic nitrogens is 1. The van der Waals surface area contributed by atoms with E-state index in [4.69, 9.17) is 5.84 Å². The van der Waals surface area contributed by atoms with E-state index in [1.807, 2.05) is 5.43 Å². The summed E-state index contributed by atoms with van der Waals surface area (Å²) in [6.07, 6.45) is 0.929. The third kappa shape index (κ3) is 2.65. The van der Waals surface area contributed by atoms with Gasteiger partial charge in [0.05, 0.1) is 0 Å². The lowest BCUT2D eigenvalue weighted by atomic mass is 10.1. The molecule has 1 aromatic heterocycles. The molecule has 0 saturated carbocycles. The molecule has 2 heterocycles. The van der Waals surface area contributed by atoms with Gasteiger partial charge >= 0.3 is 0 Å². The van der Waals surface area contributed by atoms with Crippen LogP contribution in [0.2, 0.25) is 0 Å². The minimum atomic E-state index is -0.863. The van der Waals surface area contributed by atoms with Crippen molar-refractivity contribution >= 4 is 17.5 Å². The first-order valence-corrected chi connectivity index (χ1v) is 5.46. The van der Waals surface area contributed by atoms with Crippen molar-refractivity contribution in [2.45, 2.75) is 18.9 Å². The molecule has 1 aliphatic rings. The van der Waals surface area contributed by atoms with Gasteiger partial charge in [-0.05, 0) is 6.42 Å². The Bertz CT molecular complexity index is 458. The molecule has 0 spiro atoms. The zero-order valence-corrected chi connectivity index (χ0v) is 9.46. The van der Waals surface area contributed by atoms with Crippen molar-refractivity contribution in [3.63, 3.8) is 0 Å². The van der Waals surface area contributed by atoms with Gasteiger partial charge in [0.15, 0.2) is 23.3 Å². The molecule has 0 aromatic carbocycles. The molecular formula is C10H13F2N5O. The quantitative estimate of drug-likeness (QED) is 0.463. The number of nitrogens with two attached hydrogens (primary N) is 1. The molecule has 1 aliphatic heterocycles. The van der Waals surface area contributed by atoms with Gasteiger partial charge in [0, 0.05) is 25.1 Å². The average molecular weight is 257 g/mol.